The Labute approximate surface area is 141 Å². The van der Waals surface area contributed by atoms with Crippen LogP contribution in [0.3, 0.4) is 0 Å². The molecule has 3 rings (SSSR count). The normalized spacial score (nSPS) is 14.2. The van der Waals surface area contributed by atoms with Crippen LogP contribution in [0.4, 0.5) is 10.5 Å². The van der Waals surface area contributed by atoms with Gasteiger partial charge >= 0.3 is 6.03 Å². The molecule has 0 atom stereocenters. The molecule has 7 heteroatoms. The fraction of sp³-hybridized carbons (Fsp3) is 0.294. The van der Waals surface area contributed by atoms with Gasteiger partial charge in [0.2, 0.25) is 0 Å². The molecule has 6 nitrogen and oxygen atoms in total. The van der Waals surface area contributed by atoms with Gasteiger partial charge in [0.15, 0.2) is 14.9 Å². The molecule has 2 amide bonds. The molecule has 24 heavy (non-hydrogen) atoms. The average molecular weight is 345 g/mol. The van der Waals surface area contributed by atoms with E-state index in [-0.39, 0.29) is 17.1 Å². The van der Waals surface area contributed by atoms with E-state index < -0.39 is 9.84 Å². The Morgan fingerprint density at radius 2 is 1.92 bits per heavy atom. The number of nitrogens with zero attached hydrogens (tertiary/aromatic N) is 2. The SMILES string of the molecule is CS(=O)(=O)c1ccc(NC(=O)N(Cc2ccccc2)C2CC2)cn1. The van der Waals surface area contributed by atoms with Gasteiger partial charge in [-0.3, -0.25) is 0 Å². The van der Waals surface area contributed by atoms with Crippen LogP contribution in [-0.2, 0) is 16.4 Å². The molecule has 0 spiro atoms. The lowest BCUT2D eigenvalue weighted by Gasteiger charge is -2.23. The van der Waals surface area contributed by atoms with Crippen molar-refractivity contribution in [2.75, 3.05) is 11.6 Å². The highest BCUT2D eigenvalue weighted by Crippen LogP contribution is 2.29. The van der Waals surface area contributed by atoms with E-state index in [4.69, 9.17) is 0 Å². The molecule has 126 valence electrons. The summed E-state index contributed by atoms with van der Waals surface area (Å²) in [6, 6.07) is 12.8. The zero-order chi connectivity index (χ0) is 17.2. The number of urea groups is 1. The van der Waals surface area contributed by atoms with Gasteiger partial charge < -0.3 is 10.2 Å². The van der Waals surface area contributed by atoms with Crippen molar-refractivity contribution < 1.29 is 13.2 Å². The van der Waals surface area contributed by atoms with E-state index in [9.17, 15) is 13.2 Å². The van der Waals surface area contributed by atoms with Gasteiger partial charge in [0.1, 0.15) is 0 Å². The van der Waals surface area contributed by atoms with E-state index in [1.54, 1.807) is 11.0 Å². The first-order valence-electron chi connectivity index (χ1n) is 7.71. The smallest absolute Gasteiger partial charge is 0.317 e. The summed E-state index contributed by atoms with van der Waals surface area (Å²) in [5.41, 5.74) is 1.55. The number of amides is 2. The summed E-state index contributed by atoms with van der Waals surface area (Å²) in [6.45, 7) is 0.548. The van der Waals surface area contributed by atoms with Gasteiger partial charge in [-0.05, 0) is 30.5 Å². The van der Waals surface area contributed by atoms with Gasteiger partial charge in [0, 0.05) is 18.8 Å². The van der Waals surface area contributed by atoms with E-state index in [2.05, 4.69) is 10.3 Å². The summed E-state index contributed by atoms with van der Waals surface area (Å²) < 4.78 is 22.8. The van der Waals surface area contributed by atoms with Crippen LogP contribution in [0.1, 0.15) is 18.4 Å². The summed E-state index contributed by atoms with van der Waals surface area (Å²) in [5.74, 6) is 0. The number of nitrogens with one attached hydrogen (secondary N) is 1. The zero-order valence-corrected chi connectivity index (χ0v) is 14.2. The molecule has 1 aromatic carbocycles. The van der Waals surface area contributed by atoms with Crippen LogP contribution in [0.2, 0.25) is 0 Å². The van der Waals surface area contributed by atoms with E-state index in [0.29, 0.717) is 12.2 Å². The van der Waals surface area contributed by atoms with Crippen LogP contribution in [0.15, 0.2) is 53.7 Å². The third-order valence-electron chi connectivity index (χ3n) is 3.81. The summed E-state index contributed by atoms with van der Waals surface area (Å²) in [7, 11) is -3.34. The van der Waals surface area contributed by atoms with Gasteiger partial charge in [0.25, 0.3) is 0 Å². The van der Waals surface area contributed by atoms with Crippen LogP contribution in [0.25, 0.3) is 0 Å². The van der Waals surface area contributed by atoms with Gasteiger partial charge in [-0.25, -0.2) is 18.2 Å². The first-order valence-corrected chi connectivity index (χ1v) is 9.60. The molecule has 1 fully saturated rings. The standard InChI is InChI=1S/C17H19N3O3S/c1-24(22,23)16-10-7-14(11-18-16)19-17(21)20(15-8-9-15)12-13-5-3-2-4-6-13/h2-7,10-11,15H,8-9,12H2,1H3,(H,19,21). The van der Waals surface area contributed by atoms with Crippen molar-refractivity contribution in [1.82, 2.24) is 9.88 Å². The lowest BCUT2D eigenvalue weighted by atomic mass is 10.2. The molecule has 1 aliphatic rings. The lowest BCUT2D eigenvalue weighted by Crippen LogP contribution is -2.36. The highest BCUT2D eigenvalue weighted by atomic mass is 32.2. The van der Waals surface area contributed by atoms with Gasteiger partial charge in [0.05, 0.1) is 11.9 Å². The monoisotopic (exact) mass is 345 g/mol. The number of benzene rings is 1. The second-order valence-corrected chi connectivity index (χ2v) is 7.89. The molecule has 1 saturated carbocycles. The Hall–Kier alpha value is -2.41. The molecule has 2 aromatic rings. The van der Waals surface area contributed by atoms with E-state index in [0.717, 1.165) is 24.7 Å². The highest BCUT2D eigenvalue weighted by molar-refractivity contribution is 7.90. The van der Waals surface area contributed by atoms with Crippen LogP contribution in [0.5, 0.6) is 0 Å². The number of hydrogen-bond donors (Lipinski definition) is 1. The summed E-state index contributed by atoms with van der Waals surface area (Å²) in [5, 5.41) is 2.78. The maximum absolute atomic E-state index is 12.5. The van der Waals surface area contributed by atoms with Crippen molar-refractivity contribution in [2.45, 2.75) is 30.5 Å². The Balaban J connectivity index is 1.70. The molecule has 0 radical (unpaired) electrons. The number of rotatable bonds is 5. The summed E-state index contributed by atoms with van der Waals surface area (Å²) >= 11 is 0. The van der Waals surface area contributed by atoms with Crippen molar-refractivity contribution in [1.29, 1.82) is 0 Å². The molecule has 0 bridgehead atoms. The molecule has 1 aliphatic carbocycles. The Bertz CT molecular complexity index is 816. The lowest BCUT2D eigenvalue weighted by molar-refractivity contribution is 0.206. The Kier molecular flexibility index (Phi) is 4.53. The minimum Gasteiger partial charge on any atom is -0.317 e. The number of pyridine rings is 1. The van der Waals surface area contributed by atoms with Crippen LogP contribution in [0, 0.1) is 0 Å². The minimum absolute atomic E-state index is 0.0103. The number of hydrogen-bond acceptors (Lipinski definition) is 4. The maximum atomic E-state index is 12.5. The summed E-state index contributed by atoms with van der Waals surface area (Å²) in [4.78, 5) is 18.2. The van der Waals surface area contributed by atoms with Crippen LogP contribution in [-0.4, -0.2) is 36.6 Å². The third kappa shape index (κ3) is 4.11. The topological polar surface area (TPSA) is 79.4 Å². The van der Waals surface area contributed by atoms with Crippen LogP contribution >= 0.6 is 0 Å². The van der Waals surface area contributed by atoms with E-state index >= 15 is 0 Å². The first kappa shape index (κ1) is 16.4. The van der Waals surface area contributed by atoms with Gasteiger partial charge in [-0.15, -0.1) is 0 Å². The second-order valence-electron chi connectivity index (χ2n) is 5.93. The largest absolute Gasteiger partial charge is 0.322 e. The number of carbonyl (C=O) groups is 1. The zero-order valence-electron chi connectivity index (χ0n) is 13.3. The summed E-state index contributed by atoms with van der Waals surface area (Å²) in [6.07, 6.45) is 4.47. The molecule has 1 aromatic heterocycles. The van der Waals surface area contributed by atoms with Crippen molar-refractivity contribution in [2.24, 2.45) is 0 Å². The maximum Gasteiger partial charge on any atom is 0.322 e. The first-order chi connectivity index (χ1) is 11.4. The van der Waals surface area contributed by atoms with E-state index in [1.165, 1.54) is 12.3 Å². The third-order valence-corrected chi connectivity index (χ3v) is 4.81. The number of sulfone groups is 1. The number of anilines is 1. The predicted molar refractivity (Wildman–Crippen MR) is 91.4 cm³/mol. The van der Waals surface area contributed by atoms with Crippen molar-refractivity contribution >= 4 is 21.6 Å². The van der Waals surface area contributed by atoms with Gasteiger partial charge in [-0.1, -0.05) is 30.3 Å². The highest BCUT2D eigenvalue weighted by Gasteiger charge is 2.32. The van der Waals surface area contributed by atoms with Crippen molar-refractivity contribution in [3.05, 3.63) is 54.2 Å². The molecule has 0 saturated heterocycles. The molecule has 0 unspecified atom stereocenters. The fourth-order valence-electron chi connectivity index (χ4n) is 2.40. The average Bonchev–Trinajstić information content (AvgIpc) is 3.38. The van der Waals surface area contributed by atoms with E-state index in [1.807, 2.05) is 30.3 Å². The second kappa shape index (κ2) is 6.60. The quantitative estimate of drug-likeness (QED) is 0.903. The predicted octanol–water partition coefficient (Wildman–Crippen LogP) is 2.68. The van der Waals surface area contributed by atoms with Crippen molar-refractivity contribution in [3.8, 4) is 0 Å². The Morgan fingerprint density at radius 3 is 2.46 bits per heavy atom. The van der Waals surface area contributed by atoms with Crippen LogP contribution < -0.4 is 5.32 Å². The molecule has 0 aliphatic heterocycles. The molecule has 1 heterocycles. The minimum atomic E-state index is -3.34. The van der Waals surface area contributed by atoms with Gasteiger partial charge in [-0.2, -0.15) is 0 Å². The number of carbonyl (C=O) groups excluding carboxylic acids is 1. The van der Waals surface area contributed by atoms with Crippen molar-refractivity contribution in [3.63, 3.8) is 0 Å². The Morgan fingerprint density at radius 1 is 1.21 bits per heavy atom. The molecule has 1 N–H and O–H groups in total. The molecular weight excluding hydrogens is 326 g/mol. The molecular formula is C17H19N3O3S. The fourth-order valence-corrected chi connectivity index (χ4v) is 2.96. The number of aromatic nitrogens is 1.